The summed E-state index contributed by atoms with van der Waals surface area (Å²) >= 11 is 0. The Labute approximate surface area is 124 Å². The van der Waals surface area contributed by atoms with E-state index in [2.05, 4.69) is 21.7 Å². The van der Waals surface area contributed by atoms with Crippen molar-refractivity contribution in [1.29, 1.82) is 0 Å². The summed E-state index contributed by atoms with van der Waals surface area (Å²) in [6.45, 7) is 5.45. The fourth-order valence-corrected chi connectivity index (χ4v) is 2.49. The third-order valence-electron chi connectivity index (χ3n) is 3.65. The predicted octanol–water partition coefficient (Wildman–Crippen LogP) is 1.89. The standard InChI is InChI=1S/C13H15N3O.2ClH/c1-8-6-10-11(15-9(8)2)16-12(17)13(10)4-3-5-14-7-13;;/h3-4,6,14H,5,7H2,1-2H3,(H,15,16,17);2*1H/t13-;;/m1../s1. The molecule has 0 saturated carbocycles. The molecule has 2 N–H and O–H groups in total. The quantitative estimate of drug-likeness (QED) is 0.720. The van der Waals surface area contributed by atoms with Crippen LogP contribution in [0.2, 0.25) is 0 Å². The van der Waals surface area contributed by atoms with Gasteiger partial charge >= 0.3 is 0 Å². The molecule has 0 unspecified atom stereocenters. The molecule has 3 heterocycles. The fourth-order valence-electron chi connectivity index (χ4n) is 2.49. The van der Waals surface area contributed by atoms with Gasteiger partial charge in [0, 0.05) is 24.3 Å². The summed E-state index contributed by atoms with van der Waals surface area (Å²) in [6.07, 6.45) is 4.01. The fraction of sp³-hybridized carbons (Fsp3) is 0.385. The third kappa shape index (κ3) is 2.24. The number of hydrogen-bond acceptors (Lipinski definition) is 3. The molecule has 2 aliphatic rings. The van der Waals surface area contributed by atoms with Gasteiger partial charge in [-0.25, -0.2) is 4.98 Å². The summed E-state index contributed by atoms with van der Waals surface area (Å²) in [7, 11) is 0. The molecule has 0 aromatic carbocycles. The Morgan fingerprint density at radius 2 is 2.05 bits per heavy atom. The number of carbonyl (C=O) groups excluding carboxylic acids is 1. The maximum absolute atomic E-state index is 12.2. The van der Waals surface area contributed by atoms with Crippen LogP contribution in [-0.2, 0) is 10.2 Å². The van der Waals surface area contributed by atoms with Crippen LogP contribution >= 0.6 is 24.8 Å². The van der Waals surface area contributed by atoms with Crippen molar-refractivity contribution in [1.82, 2.24) is 10.3 Å². The van der Waals surface area contributed by atoms with Gasteiger partial charge in [-0.1, -0.05) is 12.2 Å². The highest BCUT2D eigenvalue weighted by atomic mass is 35.5. The lowest BCUT2D eigenvalue weighted by Gasteiger charge is -2.27. The van der Waals surface area contributed by atoms with E-state index >= 15 is 0 Å². The van der Waals surface area contributed by atoms with E-state index in [9.17, 15) is 4.79 Å². The van der Waals surface area contributed by atoms with Crippen molar-refractivity contribution in [2.75, 3.05) is 18.4 Å². The average molecular weight is 302 g/mol. The highest BCUT2D eigenvalue weighted by molar-refractivity contribution is 6.07. The molecular weight excluding hydrogens is 285 g/mol. The number of aryl methyl sites for hydroxylation is 2. The van der Waals surface area contributed by atoms with Gasteiger partial charge < -0.3 is 10.6 Å². The molecule has 4 nitrogen and oxygen atoms in total. The van der Waals surface area contributed by atoms with Gasteiger partial charge in [-0.15, -0.1) is 24.8 Å². The Morgan fingerprint density at radius 3 is 2.68 bits per heavy atom. The summed E-state index contributed by atoms with van der Waals surface area (Å²) in [5.41, 5.74) is 2.53. The Bertz CT molecular complexity index is 545. The lowest BCUT2D eigenvalue weighted by atomic mass is 9.80. The van der Waals surface area contributed by atoms with E-state index in [1.807, 2.05) is 26.0 Å². The predicted molar refractivity (Wildman–Crippen MR) is 80.5 cm³/mol. The monoisotopic (exact) mass is 301 g/mol. The zero-order valence-corrected chi connectivity index (χ0v) is 12.5. The zero-order valence-electron chi connectivity index (χ0n) is 10.8. The van der Waals surface area contributed by atoms with Crippen molar-refractivity contribution in [3.63, 3.8) is 0 Å². The first-order valence-corrected chi connectivity index (χ1v) is 5.82. The minimum atomic E-state index is -0.557. The van der Waals surface area contributed by atoms with Gasteiger partial charge in [-0.2, -0.15) is 0 Å². The SMILES string of the molecule is Cc1cc2c(nc1C)NC(=O)[C@@]21C=CCNC1.Cl.Cl. The normalized spacial score (nSPS) is 23.4. The van der Waals surface area contributed by atoms with Crippen LogP contribution in [0.1, 0.15) is 16.8 Å². The number of rotatable bonds is 0. The van der Waals surface area contributed by atoms with E-state index in [0.717, 1.165) is 23.4 Å². The van der Waals surface area contributed by atoms with Crippen LogP contribution in [0.15, 0.2) is 18.2 Å². The van der Waals surface area contributed by atoms with Gasteiger partial charge in [0.15, 0.2) is 0 Å². The molecule has 0 aliphatic carbocycles. The number of carbonyl (C=O) groups is 1. The summed E-state index contributed by atoms with van der Waals surface area (Å²) in [4.78, 5) is 16.6. The van der Waals surface area contributed by atoms with E-state index < -0.39 is 5.41 Å². The van der Waals surface area contributed by atoms with Gasteiger partial charge in [0.1, 0.15) is 11.2 Å². The van der Waals surface area contributed by atoms with Gasteiger partial charge in [-0.05, 0) is 25.5 Å². The minimum absolute atomic E-state index is 0. The first kappa shape index (κ1) is 16.0. The molecule has 0 bridgehead atoms. The number of anilines is 1. The summed E-state index contributed by atoms with van der Waals surface area (Å²) in [5, 5.41) is 6.13. The lowest BCUT2D eigenvalue weighted by molar-refractivity contribution is -0.119. The molecule has 104 valence electrons. The zero-order chi connectivity index (χ0) is 12.0. The smallest absolute Gasteiger partial charge is 0.241 e. The van der Waals surface area contributed by atoms with Crippen LogP contribution in [0.25, 0.3) is 0 Å². The highest BCUT2D eigenvalue weighted by Crippen LogP contribution is 2.39. The van der Waals surface area contributed by atoms with Crippen LogP contribution in [0, 0.1) is 13.8 Å². The molecule has 2 aliphatic heterocycles. The molecule has 3 rings (SSSR count). The topological polar surface area (TPSA) is 54.0 Å². The van der Waals surface area contributed by atoms with Crippen molar-refractivity contribution >= 4 is 36.5 Å². The molecule has 0 fully saturated rings. The number of amides is 1. The second kappa shape index (κ2) is 5.49. The number of aromatic nitrogens is 1. The van der Waals surface area contributed by atoms with Gasteiger partial charge in [-0.3, -0.25) is 4.79 Å². The van der Waals surface area contributed by atoms with E-state index in [-0.39, 0.29) is 30.7 Å². The lowest BCUT2D eigenvalue weighted by Crippen LogP contribution is -2.45. The first-order chi connectivity index (χ1) is 8.13. The summed E-state index contributed by atoms with van der Waals surface area (Å²) in [5.74, 6) is 0.736. The molecule has 1 atom stereocenters. The largest absolute Gasteiger partial charge is 0.312 e. The van der Waals surface area contributed by atoms with Crippen LogP contribution < -0.4 is 10.6 Å². The van der Waals surface area contributed by atoms with E-state index in [0.29, 0.717) is 12.4 Å². The maximum atomic E-state index is 12.2. The van der Waals surface area contributed by atoms with E-state index in [4.69, 9.17) is 0 Å². The second-order valence-corrected chi connectivity index (χ2v) is 4.75. The van der Waals surface area contributed by atoms with E-state index in [1.54, 1.807) is 0 Å². The molecule has 1 amide bonds. The number of pyridine rings is 1. The number of halogens is 2. The molecule has 1 aromatic heterocycles. The van der Waals surface area contributed by atoms with Gasteiger partial charge in [0.05, 0.1) is 0 Å². The molecular formula is C13H17Cl2N3O. The minimum Gasteiger partial charge on any atom is -0.312 e. The molecule has 19 heavy (non-hydrogen) atoms. The number of fused-ring (bicyclic) bond motifs is 2. The molecule has 1 aromatic rings. The molecule has 0 radical (unpaired) electrons. The van der Waals surface area contributed by atoms with Crippen molar-refractivity contribution < 1.29 is 4.79 Å². The van der Waals surface area contributed by atoms with Crippen LogP contribution in [-0.4, -0.2) is 24.0 Å². The molecule has 1 spiro atoms. The third-order valence-corrected chi connectivity index (χ3v) is 3.65. The van der Waals surface area contributed by atoms with Gasteiger partial charge in [0.25, 0.3) is 0 Å². The van der Waals surface area contributed by atoms with Crippen LogP contribution in [0.5, 0.6) is 0 Å². The number of nitrogens with one attached hydrogen (secondary N) is 2. The Kier molecular flexibility index (Phi) is 4.61. The van der Waals surface area contributed by atoms with Crippen LogP contribution in [0.4, 0.5) is 5.82 Å². The average Bonchev–Trinajstić information content (AvgIpc) is 2.56. The highest BCUT2D eigenvalue weighted by Gasteiger charge is 2.46. The van der Waals surface area contributed by atoms with Crippen molar-refractivity contribution in [3.8, 4) is 0 Å². The van der Waals surface area contributed by atoms with Crippen molar-refractivity contribution in [2.45, 2.75) is 19.3 Å². The van der Waals surface area contributed by atoms with Crippen molar-refractivity contribution in [2.24, 2.45) is 0 Å². The maximum Gasteiger partial charge on any atom is 0.241 e. The Hall–Kier alpha value is -1.10. The van der Waals surface area contributed by atoms with E-state index in [1.165, 1.54) is 0 Å². The van der Waals surface area contributed by atoms with Gasteiger partial charge in [0.2, 0.25) is 5.91 Å². The Balaban J connectivity index is 0.000000902. The number of nitrogens with zero attached hydrogens (tertiary/aromatic N) is 1. The van der Waals surface area contributed by atoms with Crippen molar-refractivity contribution in [3.05, 3.63) is 35.0 Å². The first-order valence-electron chi connectivity index (χ1n) is 5.82. The summed E-state index contributed by atoms with van der Waals surface area (Å²) in [6, 6.07) is 2.08. The molecule has 0 saturated heterocycles. The second-order valence-electron chi connectivity index (χ2n) is 4.75. The Morgan fingerprint density at radius 1 is 1.32 bits per heavy atom. The summed E-state index contributed by atoms with van der Waals surface area (Å²) < 4.78 is 0. The number of hydrogen-bond donors (Lipinski definition) is 2. The molecule has 6 heteroatoms. The van der Waals surface area contributed by atoms with Crippen LogP contribution in [0.3, 0.4) is 0 Å².